The number of rotatable bonds is 6. The Morgan fingerprint density at radius 1 is 1.41 bits per heavy atom. The number of carbonyl (C=O) groups is 3. The lowest BCUT2D eigenvalue weighted by atomic mass is 10.2. The van der Waals surface area contributed by atoms with Gasteiger partial charge in [-0.2, -0.15) is 0 Å². The molecule has 0 aromatic carbocycles. The van der Waals surface area contributed by atoms with Gasteiger partial charge in [0.25, 0.3) is 0 Å². The molecule has 2 amide bonds. The van der Waals surface area contributed by atoms with E-state index in [0.29, 0.717) is 0 Å². The second-order valence-corrected chi connectivity index (χ2v) is 4.33. The molecule has 0 aliphatic heterocycles. The van der Waals surface area contributed by atoms with Crippen molar-refractivity contribution in [3.05, 3.63) is 0 Å². The molecule has 17 heavy (non-hydrogen) atoms. The fourth-order valence-electron chi connectivity index (χ4n) is 1.69. The monoisotopic (exact) mass is 242 g/mol. The number of nitrogens with zero attached hydrogens (tertiary/aromatic N) is 1. The van der Waals surface area contributed by atoms with Crippen LogP contribution in [0.4, 0.5) is 0 Å². The molecule has 0 radical (unpaired) electrons. The van der Waals surface area contributed by atoms with Crippen LogP contribution in [-0.2, 0) is 14.4 Å². The Morgan fingerprint density at radius 3 is 2.41 bits per heavy atom. The topological polar surface area (TPSA) is 86.7 Å². The minimum Gasteiger partial charge on any atom is -0.481 e. The van der Waals surface area contributed by atoms with Crippen LogP contribution < -0.4 is 5.32 Å². The molecule has 1 rings (SSSR count). The lowest BCUT2D eigenvalue weighted by Crippen LogP contribution is -2.47. The Kier molecular flexibility index (Phi) is 4.48. The first-order chi connectivity index (χ1) is 7.91. The van der Waals surface area contributed by atoms with Crippen LogP contribution in [0.3, 0.4) is 0 Å². The molecular weight excluding hydrogens is 224 g/mol. The molecule has 0 heterocycles. The van der Waals surface area contributed by atoms with Gasteiger partial charge in [0, 0.05) is 19.5 Å². The zero-order valence-corrected chi connectivity index (χ0v) is 10.1. The summed E-state index contributed by atoms with van der Waals surface area (Å²) in [5.41, 5.74) is 0. The second-order valence-electron chi connectivity index (χ2n) is 4.33. The molecule has 0 spiro atoms. The van der Waals surface area contributed by atoms with E-state index in [-0.39, 0.29) is 30.8 Å². The van der Waals surface area contributed by atoms with Gasteiger partial charge in [0.1, 0.15) is 6.04 Å². The van der Waals surface area contributed by atoms with E-state index >= 15 is 0 Å². The van der Waals surface area contributed by atoms with Crippen molar-refractivity contribution in [1.82, 2.24) is 10.2 Å². The van der Waals surface area contributed by atoms with Crippen LogP contribution in [0.5, 0.6) is 0 Å². The van der Waals surface area contributed by atoms with Crippen molar-refractivity contribution >= 4 is 17.8 Å². The van der Waals surface area contributed by atoms with Gasteiger partial charge in [-0.3, -0.25) is 14.4 Å². The number of hydrogen-bond donors (Lipinski definition) is 2. The molecule has 1 atom stereocenters. The molecule has 6 nitrogen and oxygen atoms in total. The second kappa shape index (κ2) is 5.65. The molecule has 96 valence electrons. The van der Waals surface area contributed by atoms with Crippen LogP contribution >= 0.6 is 0 Å². The Morgan fingerprint density at radius 2 is 2.00 bits per heavy atom. The van der Waals surface area contributed by atoms with Crippen molar-refractivity contribution < 1.29 is 19.5 Å². The third-order valence-corrected chi connectivity index (χ3v) is 2.63. The van der Waals surface area contributed by atoms with E-state index in [4.69, 9.17) is 5.11 Å². The molecule has 1 aliphatic rings. The van der Waals surface area contributed by atoms with Crippen molar-refractivity contribution in [2.75, 3.05) is 6.54 Å². The summed E-state index contributed by atoms with van der Waals surface area (Å²) in [6.45, 7) is 3.17. The molecule has 2 N–H and O–H groups in total. The molecule has 0 saturated heterocycles. The summed E-state index contributed by atoms with van der Waals surface area (Å²) >= 11 is 0. The molecule has 0 aromatic rings. The molecule has 6 heteroatoms. The first kappa shape index (κ1) is 13.5. The quantitative estimate of drug-likeness (QED) is 0.685. The SMILES string of the molecule is CC(=O)NC(C)C(=O)N(CCC(=O)O)C1CC1. The third kappa shape index (κ3) is 4.42. The van der Waals surface area contributed by atoms with Crippen LogP contribution in [0.2, 0.25) is 0 Å². The van der Waals surface area contributed by atoms with E-state index in [1.54, 1.807) is 11.8 Å². The van der Waals surface area contributed by atoms with Crippen LogP contribution in [0, 0.1) is 0 Å². The van der Waals surface area contributed by atoms with E-state index in [1.807, 2.05) is 0 Å². The fraction of sp³-hybridized carbons (Fsp3) is 0.727. The zero-order chi connectivity index (χ0) is 13.0. The third-order valence-electron chi connectivity index (χ3n) is 2.63. The van der Waals surface area contributed by atoms with E-state index in [0.717, 1.165) is 12.8 Å². The number of aliphatic carboxylic acids is 1. The molecule has 1 saturated carbocycles. The number of nitrogens with one attached hydrogen (secondary N) is 1. The van der Waals surface area contributed by atoms with Crippen LogP contribution in [0.1, 0.15) is 33.1 Å². The Hall–Kier alpha value is -1.59. The van der Waals surface area contributed by atoms with E-state index < -0.39 is 12.0 Å². The molecular formula is C11H18N2O4. The summed E-state index contributed by atoms with van der Waals surface area (Å²) in [4.78, 5) is 34.9. The lowest BCUT2D eigenvalue weighted by Gasteiger charge is -2.25. The van der Waals surface area contributed by atoms with Gasteiger partial charge in [-0.05, 0) is 19.8 Å². The van der Waals surface area contributed by atoms with E-state index in [9.17, 15) is 14.4 Å². The Labute approximate surface area is 100.0 Å². The molecule has 0 bridgehead atoms. The summed E-state index contributed by atoms with van der Waals surface area (Å²) in [6, 6.07) is -0.444. The van der Waals surface area contributed by atoms with Gasteiger partial charge in [-0.25, -0.2) is 0 Å². The number of carboxylic acid groups (broad SMARTS) is 1. The van der Waals surface area contributed by atoms with Gasteiger partial charge in [0.05, 0.1) is 6.42 Å². The fourth-order valence-corrected chi connectivity index (χ4v) is 1.69. The average Bonchev–Trinajstić information content (AvgIpc) is 3.00. The van der Waals surface area contributed by atoms with Crippen molar-refractivity contribution in [3.63, 3.8) is 0 Å². The summed E-state index contributed by atoms with van der Waals surface area (Å²) < 4.78 is 0. The highest BCUT2D eigenvalue weighted by molar-refractivity contribution is 5.87. The highest BCUT2D eigenvalue weighted by Crippen LogP contribution is 2.27. The van der Waals surface area contributed by atoms with Gasteiger partial charge in [-0.1, -0.05) is 0 Å². The largest absolute Gasteiger partial charge is 0.481 e. The van der Waals surface area contributed by atoms with Gasteiger partial charge in [0.2, 0.25) is 11.8 Å². The zero-order valence-electron chi connectivity index (χ0n) is 10.1. The summed E-state index contributed by atoms with van der Waals surface area (Å²) in [6.07, 6.45) is 1.77. The predicted molar refractivity (Wildman–Crippen MR) is 60.3 cm³/mol. The van der Waals surface area contributed by atoms with Crippen molar-refractivity contribution in [3.8, 4) is 0 Å². The average molecular weight is 242 g/mol. The van der Waals surface area contributed by atoms with Crippen molar-refractivity contribution in [2.45, 2.75) is 45.2 Å². The smallest absolute Gasteiger partial charge is 0.305 e. The maximum absolute atomic E-state index is 12.0. The van der Waals surface area contributed by atoms with Crippen LogP contribution in [0.15, 0.2) is 0 Å². The molecule has 1 fully saturated rings. The summed E-state index contributed by atoms with van der Waals surface area (Å²) in [5.74, 6) is -1.39. The van der Waals surface area contributed by atoms with Crippen LogP contribution in [-0.4, -0.2) is 46.4 Å². The van der Waals surface area contributed by atoms with Crippen LogP contribution in [0.25, 0.3) is 0 Å². The number of carboxylic acids is 1. The summed E-state index contributed by atoms with van der Waals surface area (Å²) in [5, 5.41) is 11.1. The molecule has 1 aliphatic carbocycles. The normalized spacial score (nSPS) is 16.1. The first-order valence-corrected chi connectivity index (χ1v) is 5.71. The van der Waals surface area contributed by atoms with Crippen molar-refractivity contribution in [1.29, 1.82) is 0 Å². The minimum atomic E-state index is -0.921. The van der Waals surface area contributed by atoms with Gasteiger partial charge < -0.3 is 15.3 Å². The van der Waals surface area contributed by atoms with E-state index in [2.05, 4.69) is 5.32 Å². The standard InChI is InChI=1S/C11H18N2O4/c1-7(12-8(2)14)11(17)13(9-3-4-9)6-5-10(15)16/h7,9H,3-6H2,1-2H3,(H,12,14)(H,15,16). The lowest BCUT2D eigenvalue weighted by molar-refractivity contribution is -0.140. The van der Waals surface area contributed by atoms with Gasteiger partial charge >= 0.3 is 5.97 Å². The highest BCUT2D eigenvalue weighted by Gasteiger charge is 2.34. The highest BCUT2D eigenvalue weighted by atomic mass is 16.4. The Bertz CT molecular complexity index is 325. The number of hydrogen-bond acceptors (Lipinski definition) is 3. The molecule has 1 unspecified atom stereocenters. The van der Waals surface area contributed by atoms with Crippen molar-refractivity contribution in [2.24, 2.45) is 0 Å². The summed E-state index contributed by atoms with van der Waals surface area (Å²) in [7, 11) is 0. The number of amides is 2. The maximum Gasteiger partial charge on any atom is 0.305 e. The molecule has 0 aromatic heterocycles. The van der Waals surface area contributed by atoms with E-state index in [1.165, 1.54) is 6.92 Å². The predicted octanol–water partition coefficient (Wildman–Crippen LogP) is -0.0233. The Balaban J connectivity index is 2.53. The number of carbonyl (C=O) groups excluding carboxylic acids is 2. The van der Waals surface area contributed by atoms with Gasteiger partial charge in [0.15, 0.2) is 0 Å². The first-order valence-electron chi connectivity index (χ1n) is 5.71. The maximum atomic E-state index is 12.0. The minimum absolute atomic E-state index is 0.0605. The van der Waals surface area contributed by atoms with Gasteiger partial charge in [-0.15, -0.1) is 0 Å².